The van der Waals surface area contributed by atoms with Crippen LogP contribution in [0.1, 0.15) is 25.7 Å². The van der Waals surface area contributed by atoms with Gasteiger partial charge in [-0.3, -0.25) is 0 Å². The van der Waals surface area contributed by atoms with Gasteiger partial charge in [0.25, 0.3) is 0 Å². The summed E-state index contributed by atoms with van der Waals surface area (Å²) < 4.78 is 0. The normalized spacial score (nSPS) is 34.1. The number of hydrogen-bond donors (Lipinski definition) is 2. The molecule has 0 amide bonds. The van der Waals surface area contributed by atoms with E-state index >= 15 is 0 Å². The Morgan fingerprint density at radius 2 is 2.09 bits per heavy atom. The van der Waals surface area contributed by atoms with Crippen LogP contribution in [-0.4, -0.2) is 24.3 Å². The maximum atomic E-state index is 9.16. The zero-order valence-electron chi connectivity index (χ0n) is 6.92. The molecule has 2 rings (SSSR count). The number of aliphatic hydroxyl groups is 1. The number of aliphatic hydroxyl groups excluding tert-OH is 1. The van der Waals surface area contributed by atoms with Crippen LogP contribution in [0.5, 0.6) is 0 Å². The lowest BCUT2D eigenvalue weighted by Crippen LogP contribution is -2.52. The summed E-state index contributed by atoms with van der Waals surface area (Å²) in [6.45, 7) is 1.55. The molecule has 1 aliphatic heterocycles. The Kier molecular flexibility index (Phi) is 2.14. The van der Waals surface area contributed by atoms with Crippen molar-refractivity contribution in [1.29, 1.82) is 0 Å². The van der Waals surface area contributed by atoms with Crippen molar-refractivity contribution in [3.63, 3.8) is 0 Å². The Balaban J connectivity index is 1.83. The predicted molar refractivity (Wildman–Crippen MR) is 44.3 cm³/mol. The molecule has 1 heterocycles. The molecule has 2 N–H and O–H groups in total. The first-order valence-corrected chi connectivity index (χ1v) is 4.76. The third kappa shape index (κ3) is 1.30. The molecular weight excluding hydrogens is 138 g/mol. The summed E-state index contributed by atoms with van der Waals surface area (Å²) in [4.78, 5) is 0. The molecule has 2 heteroatoms. The minimum Gasteiger partial charge on any atom is -0.396 e. The van der Waals surface area contributed by atoms with Crippen LogP contribution < -0.4 is 5.32 Å². The molecule has 2 nitrogen and oxygen atoms in total. The van der Waals surface area contributed by atoms with Crippen LogP contribution in [0, 0.1) is 11.8 Å². The molecule has 0 aromatic rings. The molecule has 2 fully saturated rings. The largest absolute Gasteiger partial charge is 0.396 e. The van der Waals surface area contributed by atoms with Gasteiger partial charge in [-0.25, -0.2) is 0 Å². The monoisotopic (exact) mass is 155 g/mol. The Bertz CT molecular complexity index is 116. The van der Waals surface area contributed by atoms with E-state index in [0.717, 1.165) is 12.5 Å². The lowest BCUT2D eigenvalue weighted by atomic mass is 9.71. The van der Waals surface area contributed by atoms with Crippen molar-refractivity contribution in [2.75, 3.05) is 13.2 Å². The van der Waals surface area contributed by atoms with Gasteiger partial charge in [0.05, 0.1) is 0 Å². The van der Waals surface area contributed by atoms with Crippen molar-refractivity contribution in [1.82, 2.24) is 5.32 Å². The van der Waals surface area contributed by atoms with E-state index in [4.69, 9.17) is 5.11 Å². The van der Waals surface area contributed by atoms with E-state index in [1.807, 2.05) is 0 Å². The molecule has 2 unspecified atom stereocenters. The highest BCUT2D eigenvalue weighted by atomic mass is 16.3. The molecule has 0 spiro atoms. The van der Waals surface area contributed by atoms with Crippen molar-refractivity contribution in [3.05, 3.63) is 0 Å². The van der Waals surface area contributed by atoms with E-state index in [2.05, 4.69) is 5.32 Å². The summed E-state index contributed by atoms with van der Waals surface area (Å²) >= 11 is 0. The summed E-state index contributed by atoms with van der Waals surface area (Å²) in [5.41, 5.74) is 0. The van der Waals surface area contributed by atoms with E-state index in [9.17, 15) is 0 Å². The fourth-order valence-electron chi connectivity index (χ4n) is 2.15. The first kappa shape index (κ1) is 7.56. The molecular formula is C9H17NO. The van der Waals surface area contributed by atoms with Crippen LogP contribution in [0.15, 0.2) is 0 Å². The van der Waals surface area contributed by atoms with Crippen molar-refractivity contribution in [3.8, 4) is 0 Å². The first-order chi connectivity index (χ1) is 5.42. The molecule has 0 bridgehead atoms. The second-order valence-electron chi connectivity index (χ2n) is 3.89. The Morgan fingerprint density at radius 3 is 2.36 bits per heavy atom. The van der Waals surface area contributed by atoms with Gasteiger partial charge in [0.15, 0.2) is 0 Å². The van der Waals surface area contributed by atoms with Crippen molar-refractivity contribution in [2.45, 2.75) is 31.7 Å². The van der Waals surface area contributed by atoms with E-state index in [1.54, 1.807) is 0 Å². The van der Waals surface area contributed by atoms with Gasteiger partial charge in [0, 0.05) is 18.6 Å². The maximum absolute atomic E-state index is 9.16. The van der Waals surface area contributed by atoms with Gasteiger partial charge in [-0.2, -0.15) is 0 Å². The van der Waals surface area contributed by atoms with Gasteiger partial charge < -0.3 is 10.4 Å². The summed E-state index contributed by atoms with van der Waals surface area (Å²) in [6, 6.07) is 0.644. The minimum atomic E-state index is 0.391. The number of hydrogen-bond acceptors (Lipinski definition) is 2. The molecule has 11 heavy (non-hydrogen) atoms. The van der Waals surface area contributed by atoms with Crippen molar-refractivity contribution < 1.29 is 5.11 Å². The lowest BCUT2D eigenvalue weighted by molar-refractivity contribution is 0.0687. The highest BCUT2D eigenvalue weighted by Crippen LogP contribution is 2.36. The number of rotatable bonds is 3. The fourth-order valence-corrected chi connectivity index (χ4v) is 2.15. The number of nitrogens with one attached hydrogen (secondary N) is 1. The molecule has 64 valence electrons. The predicted octanol–water partition coefficient (Wildman–Crippen LogP) is 0.757. The molecule has 1 aliphatic carbocycles. The molecule has 2 aliphatic rings. The Morgan fingerprint density at radius 1 is 1.36 bits per heavy atom. The zero-order chi connectivity index (χ0) is 7.68. The van der Waals surface area contributed by atoms with Gasteiger partial charge in [-0.1, -0.05) is 19.3 Å². The SMILES string of the molecule is OCC(C1CCC1)C1CCN1. The molecule has 0 aromatic heterocycles. The standard InChI is InChI=1S/C9H17NO/c11-6-8(7-2-1-3-7)9-4-5-10-9/h7-11H,1-6H2. The van der Waals surface area contributed by atoms with Gasteiger partial charge in [-0.05, 0) is 18.9 Å². The fraction of sp³-hybridized carbons (Fsp3) is 1.00. The van der Waals surface area contributed by atoms with Crippen LogP contribution in [0.25, 0.3) is 0 Å². The van der Waals surface area contributed by atoms with E-state index in [1.165, 1.54) is 25.7 Å². The second-order valence-corrected chi connectivity index (χ2v) is 3.89. The van der Waals surface area contributed by atoms with Gasteiger partial charge in [0.1, 0.15) is 0 Å². The molecule has 0 aromatic carbocycles. The Hall–Kier alpha value is -0.0800. The highest BCUT2D eigenvalue weighted by Gasteiger charge is 2.35. The average molecular weight is 155 g/mol. The van der Waals surface area contributed by atoms with Gasteiger partial charge in [-0.15, -0.1) is 0 Å². The van der Waals surface area contributed by atoms with Crippen LogP contribution in [0.3, 0.4) is 0 Å². The summed E-state index contributed by atoms with van der Waals surface area (Å²) in [6.07, 6.45) is 5.36. The molecule has 1 saturated carbocycles. The quantitative estimate of drug-likeness (QED) is 0.630. The molecule has 1 saturated heterocycles. The first-order valence-electron chi connectivity index (χ1n) is 4.76. The van der Waals surface area contributed by atoms with Gasteiger partial charge >= 0.3 is 0 Å². The van der Waals surface area contributed by atoms with Crippen molar-refractivity contribution in [2.24, 2.45) is 11.8 Å². The topological polar surface area (TPSA) is 32.3 Å². The third-order valence-corrected chi connectivity index (χ3v) is 3.34. The third-order valence-electron chi connectivity index (χ3n) is 3.34. The van der Waals surface area contributed by atoms with E-state index < -0.39 is 0 Å². The van der Waals surface area contributed by atoms with Crippen LogP contribution in [0.4, 0.5) is 0 Å². The van der Waals surface area contributed by atoms with Crippen molar-refractivity contribution >= 4 is 0 Å². The summed E-state index contributed by atoms with van der Waals surface area (Å²) in [5.74, 6) is 1.40. The smallest absolute Gasteiger partial charge is 0.0476 e. The van der Waals surface area contributed by atoms with Crippen LogP contribution in [0.2, 0.25) is 0 Å². The highest BCUT2D eigenvalue weighted by molar-refractivity contribution is 4.90. The minimum absolute atomic E-state index is 0.391. The Labute approximate surface area is 68.0 Å². The van der Waals surface area contributed by atoms with E-state index in [0.29, 0.717) is 18.6 Å². The van der Waals surface area contributed by atoms with Crippen LogP contribution >= 0.6 is 0 Å². The van der Waals surface area contributed by atoms with Crippen LogP contribution in [-0.2, 0) is 0 Å². The average Bonchev–Trinajstić information content (AvgIpc) is 1.78. The summed E-state index contributed by atoms with van der Waals surface area (Å²) in [5, 5.41) is 12.5. The second kappa shape index (κ2) is 3.11. The maximum Gasteiger partial charge on any atom is 0.0476 e. The molecule has 2 atom stereocenters. The molecule has 0 radical (unpaired) electrons. The summed E-state index contributed by atoms with van der Waals surface area (Å²) in [7, 11) is 0. The lowest BCUT2D eigenvalue weighted by Gasteiger charge is -2.42. The zero-order valence-corrected chi connectivity index (χ0v) is 6.92. The van der Waals surface area contributed by atoms with Gasteiger partial charge in [0.2, 0.25) is 0 Å². The van der Waals surface area contributed by atoms with E-state index in [-0.39, 0.29) is 0 Å².